The van der Waals surface area contributed by atoms with Crippen molar-refractivity contribution >= 4 is 35.1 Å². The molecule has 148 valence electrons. The zero-order chi connectivity index (χ0) is 18.4. The van der Waals surface area contributed by atoms with E-state index in [1.807, 2.05) is 29.8 Å². The third-order valence-electron chi connectivity index (χ3n) is 5.39. The number of nitrogens with one attached hydrogen (secondary N) is 2. The highest BCUT2D eigenvalue weighted by atomic mass is 35.5. The zero-order valence-corrected chi connectivity index (χ0v) is 16.5. The van der Waals surface area contributed by atoms with Gasteiger partial charge in [0.25, 0.3) is 5.91 Å². The minimum Gasteiger partial charge on any atom is -0.440 e. The smallest absolute Gasteiger partial charge is 0.278 e. The van der Waals surface area contributed by atoms with Crippen LogP contribution in [0, 0.1) is 6.92 Å². The Morgan fingerprint density at radius 1 is 1.25 bits per heavy atom. The Balaban J connectivity index is 0.00000192. The summed E-state index contributed by atoms with van der Waals surface area (Å²) in [4.78, 5) is 17.2. The molecule has 2 N–H and O–H groups in total. The second-order valence-electron chi connectivity index (χ2n) is 7.41. The van der Waals surface area contributed by atoms with Crippen molar-refractivity contribution in [2.45, 2.75) is 44.6 Å². The number of hydrogen-bond acceptors (Lipinski definition) is 6. The van der Waals surface area contributed by atoms with E-state index >= 15 is 0 Å². The number of halogens is 1. The molecule has 5 rings (SSSR count). The molecule has 1 aromatic carbocycles. The van der Waals surface area contributed by atoms with Gasteiger partial charge in [-0.05, 0) is 63.9 Å². The van der Waals surface area contributed by atoms with E-state index in [4.69, 9.17) is 4.42 Å². The Morgan fingerprint density at radius 3 is 2.79 bits per heavy atom. The van der Waals surface area contributed by atoms with Crippen molar-refractivity contribution in [3.8, 4) is 0 Å². The number of anilines is 1. The van der Waals surface area contributed by atoms with Gasteiger partial charge < -0.3 is 15.1 Å². The molecule has 28 heavy (non-hydrogen) atoms. The molecule has 0 radical (unpaired) electrons. The summed E-state index contributed by atoms with van der Waals surface area (Å²) in [6, 6.07) is 5.82. The first kappa shape index (κ1) is 18.9. The predicted octanol–water partition coefficient (Wildman–Crippen LogP) is 3.20. The van der Waals surface area contributed by atoms with Gasteiger partial charge in [0.1, 0.15) is 5.52 Å². The lowest BCUT2D eigenvalue weighted by Crippen LogP contribution is -2.30. The molecule has 8 nitrogen and oxygen atoms in total. The van der Waals surface area contributed by atoms with Crippen LogP contribution in [0.3, 0.4) is 0 Å². The number of fused-ring (bicyclic) bond motifs is 1. The fourth-order valence-corrected chi connectivity index (χ4v) is 3.67. The Bertz CT molecular complexity index is 1000. The van der Waals surface area contributed by atoms with Gasteiger partial charge in [0.05, 0.1) is 11.7 Å². The summed E-state index contributed by atoms with van der Waals surface area (Å²) in [5.74, 6) is 1.01. The number of hydrogen-bond donors (Lipinski definition) is 2. The number of carbonyl (C=O) groups is 1. The van der Waals surface area contributed by atoms with Gasteiger partial charge in [-0.15, -0.1) is 17.5 Å². The van der Waals surface area contributed by atoms with Gasteiger partial charge >= 0.3 is 0 Å². The molecule has 1 saturated heterocycles. The zero-order valence-electron chi connectivity index (χ0n) is 15.6. The van der Waals surface area contributed by atoms with Crippen molar-refractivity contribution in [3.63, 3.8) is 0 Å². The number of oxazole rings is 1. The fraction of sp³-hybridized carbons (Fsp3) is 0.474. The average molecular weight is 403 g/mol. The van der Waals surface area contributed by atoms with Crippen LogP contribution in [-0.2, 0) is 0 Å². The molecule has 0 spiro atoms. The summed E-state index contributed by atoms with van der Waals surface area (Å²) >= 11 is 0. The second-order valence-corrected chi connectivity index (χ2v) is 7.41. The molecule has 0 atom stereocenters. The van der Waals surface area contributed by atoms with Crippen molar-refractivity contribution in [1.29, 1.82) is 0 Å². The fourth-order valence-electron chi connectivity index (χ4n) is 3.67. The molecule has 1 saturated carbocycles. The van der Waals surface area contributed by atoms with Crippen LogP contribution in [0.1, 0.15) is 59.7 Å². The summed E-state index contributed by atoms with van der Waals surface area (Å²) < 4.78 is 7.66. The number of benzene rings is 1. The number of amides is 1. The molecular weight excluding hydrogens is 380 g/mol. The Hall–Kier alpha value is -2.45. The van der Waals surface area contributed by atoms with Gasteiger partial charge in [0.15, 0.2) is 17.2 Å². The van der Waals surface area contributed by atoms with Crippen LogP contribution in [0.4, 0.5) is 5.69 Å². The number of nitrogens with zero attached hydrogens (tertiary/aromatic N) is 4. The Kier molecular flexibility index (Phi) is 5.07. The van der Waals surface area contributed by atoms with Gasteiger partial charge in [0, 0.05) is 11.6 Å². The van der Waals surface area contributed by atoms with Crippen molar-refractivity contribution < 1.29 is 9.21 Å². The van der Waals surface area contributed by atoms with E-state index in [9.17, 15) is 4.79 Å². The third-order valence-corrected chi connectivity index (χ3v) is 5.39. The number of carbonyl (C=O) groups excluding carboxylic acids is 1. The largest absolute Gasteiger partial charge is 0.440 e. The Morgan fingerprint density at radius 2 is 2.04 bits per heavy atom. The van der Waals surface area contributed by atoms with E-state index in [-0.39, 0.29) is 18.3 Å². The first-order chi connectivity index (χ1) is 13.2. The molecule has 9 heteroatoms. The minimum atomic E-state index is -0.252. The van der Waals surface area contributed by atoms with E-state index in [2.05, 4.69) is 25.9 Å². The van der Waals surface area contributed by atoms with Gasteiger partial charge in [-0.25, -0.2) is 9.67 Å². The maximum atomic E-state index is 12.7. The average Bonchev–Trinajstić information content (AvgIpc) is 3.33. The summed E-state index contributed by atoms with van der Waals surface area (Å²) in [6.07, 6.45) is 4.28. The quantitative estimate of drug-likeness (QED) is 0.695. The molecule has 2 fully saturated rings. The number of aromatic nitrogens is 4. The normalized spacial score (nSPS) is 17.5. The summed E-state index contributed by atoms with van der Waals surface area (Å²) in [7, 11) is 0. The lowest BCUT2D eigenvalue weighted by Gasteiger charge is -2.23. The van der Waals surface area contributed by atoms with Crippen LogP contribution in [0.2, 0.25) is 0 Å². The molecule has 2 aromatic heterocycles. The first-order valence-electron chi connectivity index (χ1n) is 9.53. The van der Waals surface area contributed by atoms with Crippen LogP contribution in [0.5, 0.6) is 0 Å². The molecule has 1 amide bonds. The summed E-state index contributed by atoms with van der Waals surface area (Å²) in [5.41, 5.74) is 3.37. The standard InChI is InChI=1S/C19H22N6O2.ClH/c1-11-17(23-24-25(11)14-6-8-20-9-7-14)18(26)21-13-4-5-16-15(10-13)22-19(27-16)12-2-3-12;/h4-5,10,12,14,20H,2-3,6-9H2,1H3,(H,21,26);1H. The van der Waals surface area contributed by atoms with Crippen LogP contribution in [0.15, 0.2) is 22.6 Å². The molecule has 3 heterocycles. The van der Waals surface area contributed by atoms with Gasteiger partial charge in [0.2, 0.25) is 0 Å². The van der Waals surface area contributed by atoms with Crippen molar-refractivity contribution in [3.05, 3.63) is 35.5 Å². The maximum Gasteiger partial charge on any atom is 0.278 e. The highest BCUT2D eigenvalue weighted by Crippen LogP contribution is 2.40. The molecule has 0 unspecified atom stereocenters. The van der Waals surface area contributed by atoms with E-state index in [1.54, 1.807) is 0 Å². The second kappa shape index (κ2) is 7.52. The van der Waals surface area contributed by atoms with Crippen molar-refractivity contribution in [2.24, 2.45) is 0 Å². The number of rotatable bonds is 4. The summed E-state index contributed by atoms with van der Waals surface area (Å²) in [5, 5.41) is 14.6. The third kappa shape index (κ3) is 3.49. The maximum absolute atomic E-state index is 12.7. The van der Waals surface area contributed by atoms with Crippen molar-refractivity contribution in [1.82, 2.24) is 25.3 Å². The van der Waals surface area contributed by atoms with E-state index < -0.39 is 0 Å². The van der Waals surface area contributed by atoms with E-state index in [0.717, 1.165) is 61.5 Å². The molecule has 2 aliphatic rings. The predicted molar refractivity (Wildman–Crippen MR) is 107 cm³/mol. The lowest BCUT2D eigenvalue weighted by atomic mass is 10.1. The van der Waals surface area contributed by atoms with Gasteiger partial charge in [-0.1, -0.05) is 5.21 Å². The monoisotopic (exact) mass is 402 g/mol. The minimum absolute atomic E-state index is 0. The van der Waals surface area contributed by atoms with E-state index in [0.29, 0.717) is 23.3 Å². The molecule has 3 aromatic rings. The van der Waals surface area contributed by atoms with Crippen molar-refractivity contribution in [2.75, 3.05) is 18.4 Å². The highest BCUT2D eigenvalue weighted by Gasteiger charge is 2.29. The number of piperidine rings is 1. The molecule has 1 aliphatic heterocycles. The first-order valence-corrected chi connectivity index (χ1v) is 9.53. The van der Waals surface area contributed by atoms with Crippen LogP contribution < -0.4 is 10.6 Å². The van der Waals surface area contributed by atoms with Gasteiger partial charge in [-0.2, -0.15) is 0 Å². The topological polar surface area (TPSA) is 97.9 Å². The molecule has 1 aliphatic carbocycles. The summed E-state index contributed by atoms with van der Waals surface area (Å²) in [6.45, 7) is 3.83. The lowest BCUT2D eigenvalue weighted by molar-refractivity contribution is 0.102. The highest BCUT2D eigenvalue weighted by molar-refractivity contribution is 6.04. The van der Waals surface area contributed by atoms with E-state index in [1.165, 1.54) is 0 Å². The molecular formula is C19H23ClN6O2. The van der Waals surface area contributed by atoms with Gasteiger partial charge in [-0.3, -0.25) is 4.79 Å². The van der Waals surface area contributed by atoms with Crippen LogP contribution in [0.25, 0.3) is 11.1 Å². The Labute approximate surface area is 168 Å². The van der Waals surface area contributed by atoms with Crippen LogP contribution >= 0.6 is 12.4 Å². The molecule has 0 bridgehead atoms. The van der Waals surface area contributed by atoms with Crippen LogP contribution in [-0.4, -0.2) is 39.0 Å². The SMILES string of the molecule is Cc1c(C(=O)Nc2ccc3oc(C4CC4)nc3c2)nnn1C1CCNCC1.Cl.